The zero-order chi connectivity index (χ0) is 40.7. The quantitative estimate of drug-likeness (QED) is 0.0698. The van der Waals surface area contributed by atoms with Crippen LogP contribution in [0.25, 0.3) is 0 Å². The van der Waals surface area contributed by atoms with E-state index < -0.39 is 11.2 Å². The Morgan fingerprint density at radius 3 is 0.818 bits per heavy atom. The van der Waals surface area contributed by atoms with Gasteiger partial charge in [0.1, 0.15) is 11.2 Å². The third kappa shape index (κ3) is 45.0. The molecule has 0 atom stereocenters. The molecule has 17 heteroatoms. The van der Waals surface area contributed by atoms with Crippen LogP contribution in [0.2, 0.25) is 0 Å². The molecule has 0 spiro atoms. The normalized spacial score (nSPS) is 12.1. The lowest BCUT2D eigenvalue weighted by Crippen LogP contribution is -2.34. The number of ether oxygens (including phenoxy) is 13. The maximum absolute atomic E-state index is 11.7. The Bertz CT molecular complexity index is 803. The summed E-state index contributed by atoms with van der Waals surface area (Å²) in [6, 6.07) is 0. The summed E-state index contributed by atoms with van der Waals surface area (Å²) >= 11 is 0. The van der Waals surface area contributed by atoms with Crippen LogP contribution in [0.1, 0.15) is 54.4 Å². The van der Waals surface area contributed by atoms with Crippen LogP contribution in [-0.2, 0) is 71.2 Å². The summed E-state index contributed by atoms with van der Waals surface area (Å²) in [7, 11) is 0. The Morgan fingerprint density at radius 2 is 0.582 bits per heavy atom. The fraction of sp³-hybridized carbons (Fsp3) is 0.947. The second kappa shape index (κ2) is 38.0. The van der Waals surface area contributed by atoms with E-state index in [-0.39, 0.29) is 24.8 Å². The molecular weight excluding hydrogens is 724 g/mol. The summed E-state index contributed by atoms with van der Waals surface area (Å²) in [6.07, 6.45) is 0.437. The molecule has 0 aromatic rings. The highest BCUT2D eigenvalue weighted by molar-refractivity contribution is 5.70. The first-order valence-corrected chi connectivity index (χ1v) is 19.6. The van der Waals surface area contributed by atoms with Gasteiger partial charge in [0.05, 0.1) is 158 Å². The van der Waals surface area contributed by atoms with Crippen molar-refractivity contribution in [3.05, 3.63) is 0 Å². The topological polar surface area (TPSA) is 183 Å². The highest BCUT2D eigenvalue weighted by Crippen LogP contribution is 2.09. The van der Waals surface area contributed by atoms with E-state index >= 15 is 0 Å². The Morgan fingerprint density at radius 1 is 0.364 bits per heavy atom. The molecule has 2 N–H and O–H groups in total. The van der Waals surface area contributed by atoms with E-state index in [1.165, 1.54) is 0 Å². The first kappa shape index (κ1) is 53.4. The summed E-state index contributed by atoms with van der Waals surface area (Å²) in [5.74, 6) is -0.547. The van der Waals surface area contributed by atoms with Crippen molar-refractivity contribution in [2.24, 2.45) is 5.73 Å². The molecule has 0 aliphatic rings. The molecule has 0 amide bonds. The standard InChI is InChI=1S/C38H76N2O15/c1-37(2,3)54-35(41)7-13-43-19-25-49-31-33-52-29-23-47-17-11-40(10-16-46-22-28-51-27-21-45-15-9-39)12-18-48-24-30-53-34-32-50-26-20-44-14-8-36(42)55-38(4,5)6/h7-34,39H2,1-6H3. The average molecular weight is 801 g/mol. The average Bonchev–Trinajstić information content (AvgIpc) is 3.10. The summed E-state index contributed by atoms with van der Waals surface area (Å²) in [5.41, 5.74) is 4.43. The van der Waals surface area contributed by atoms with E-state index in [9.17, 15) is 9.59 Å². The highest BCUT2D eigenvalue weighted by Gasteiger charge is 2.16. The van der Waals surface area contributed by atoms with Crippen LogP contribution >= 0.6 is 0 Å². The van der Waals surface area contributed by atoms with Crippen molar-refractivity contribution in [2.75, 3.05) is 172 Å². The van der Waals surface area contributed by atoms with Crippen molar-refractivity contribution >= 4 is 11.9 Å². The van der Waals surface area contributed by atoms with E-state index in [2.05, 4.69) is 4.90 Å². The van der Waals surface area contributed by atoms with Gasteiger partial charge < -0.3 is 67.3 Å². The first-order valence-electron chi connectivity index (χ1n) is 19.6. The maximum atomic E-state index is 11.7. The lowest BCUT2D eigenvalue weighted by molar-refractivity contribution is -0.157. The second-order valence-electron chi connectivity index (χ2n) is 14.0. The number of rotatable bonds is 41. The molecule has 55 heavy (non-hydrogen) atoms. The molecule has 0 fully saturated rings. The molecule has 0 heterocycles. The molecule has 0 aromatic carbocycles. The smallest absolute Gasteiger partial charge is 0.308 e. The molecule has 0 rings (SSSR count). The Kier molecular flexibility index (Phi) is 36.9. The van der Waals surface area contributed by atoms with E-state index in [1.54, 1.807) is 0 Å². The monoisotopic (exact) mass is 801 g/mol. The summed E-state index contributed by atoms with van der Waals surface area (Å²) in [5, 5.41) is 0. The van der Waals surface area contributed by atoms with Crippen molar-refractivity contribution in [1.82, 2.24) is 4.90 Å². The molecular formula is C38H76N2O15. The number of hydrogen-bond donors (Lipinski definition) is 1. The molecule has 328 valence electrons. The van der Waals surface area contributed by atoms with Crippen LogP contribution in [0.5, 0.6) is 0 Å². The molecule has 0 saturated heterocycles. The maximum Gasteiger partial charge on any atom is 0.308 e. The first-order chi connectivity index (χ1) is 26.4. The van der Waals surface area contributed by atoms with Crippen molar-refractivity contribution in [3.8, 4) is 0 Å². The minimum Gasteiger partial charge on any atom is -0.460 e. The fourth-order valence-corrected chi connectivity index (χ4v) is 4.16. The second-order valence-corrected chi connectivity index (χ2v) is 14.0. The number of carbonyl (C=O) groups is 2. The predicted molar refractivity (Wildman–Crippen MR) is 205 cm³/mol. The Labute approximate surface area is 330 Å². The number of esters is 2. The lowest BCUT2D eigenvalue weighted by atomic mass is 10.2. The van der Waals surface area contributed by atoms with Gasteiger partial charge in [0.15, 0.2) is 0 Å². The van der Waals surface area contributed by atoms with Crippen LogP contribution in [-0.4, -0.2) is 200 Å². The third-order valence-corrected chi connectivity index (χ3v) is 6.63. The summed E-state index contributed by atoms with van der Waals surface area (Å²) < 4.78 is 71.6. The highest BCUT2D eigenvalue weighted by atomic mass is 16.6. The van der Waals surface area contributed by atoms with Gasteiger partial charge >= 0.3 is 11.9 Å². The fourth-order valence-electron chi connectivity index (χ4n) is 4.16. The lowest BCUT2D eigenvalue weighted by Gasteiger charge is -2.22. The molecule has 0 bridgehead atoms. The van der Waals surface area contributed by atoms with Crippen LogP contribution in [0.4, 0.5) is 0 Å². The minimum atomic E-state index is -0.489. The Balaban J connectivity index is 3.97. The van der Waals surface area contributed by atoms with Crippen molar-refractivity contribution < 1.29 is 71.2 Å². The van der Waals surface area contributed by atoms with E-state index in [1.807, 2.05) is 41.5 Å². The van der Waals surface area contributed by atoms with E-state index in [0.717, 1.165) is 19.6 Å². The molecule has 0 aliphatic heterocycles. The Hall–Kier alpha value is -1.58. The predicted octanol–water partition coefficient (Wildman–Crippen LogP) is 1.89. The summed E-state index contributed by atoms with van der Waals surface area (Å²) in [4.78, 5) is 25.6. The molecule has 0 aliphatic carbocycles. The van der Waals surface area contributed by atoms with Gasteiger partial charge in [0, 0.05) is 26.2 Å². The van der Waals surface area contributed by atoms with Gasteiger partial charge in [-0.25, -0.2) is 0 Å². The van der Waals surface area contributed by atoms with E-state index in [0.29, 0.717) is 152 Å². The van der Waals surface area contributed by atoms with Gasteiger partial charge in [0.25, 0.3) is 0 Å². The molecule has 0 radical (unpaired) electrons. The SMILES string of the molecule is CC(C)(C)OC(=O)CCOCCOCCOCCOCCN(CCOCCOCCOCCN)CCOCCOCCOCCOCCC(=O)OC(C)(C)C. The van der Waals surface area contributed by atoms with Crippen LogP contribution in [0, 0.1) is 0 Å². The van der Waals surface area contributed by atoms with Gasteiger partial charge in [-0.05, 0) is 41.5 Å². The van der Waals surface area contributed by atoms with Gasteiger partial charge in [-0.15, -0.1) is 0 Å². The molecule has 0 saturated carbocycles. The van der Waals surface area contributed by atoms with Gasteiger partial charge in [-0.3, -0.25) is 14.5 Å². The molecule has 0 unspecified atom stereocenters. The number of carbonyl (C=O) groups excluding carboxylic acids is 2. The van der Waals surface area contributed by atoms with Crippen molar-refractivity contribution in [3.63, 3.8) is 0 Å². The number of nitrogens with zero attached hydrogens (tertiary/aromatic N) is 1. The number of hydrogen-bond acceptors (Lipinski definition) is 17. The van der Waals surface area contributed by atoms with Gasteiger partial charge in [-0.1, -0.05) is 0 Å². The minimum absolute atomic E-state index is 0.218. The van der Waals surface area contributed by atoms with Crippen molar-refractivity contribution in [2.45, 2.75) is 65.6 Å². The molecule has 0 aromatic heterocycles. The zero-order valence-corrected chi connectivity index (χ0v) is 34.9. The van der Waals surface area contributed by atoms with Gasteiger partial charge in [0.2, 0.25) is 0 Å². The van der Waals surface area contributed by atoms with Gasteiger partial charge in [-0.2, -0.15) is 0 Å². The largest absolute Gasteiger partial charge is 0.460 e. The zero-order valence-electron chi connectivity index (χ0n) is 34.9. The van der Waals surface area contributed by atoms with Crippen LogP contribution in [0.15, 0.2) is 0 Å². The van der Waals surface area contributed by atoms with Crippen LogP contribution < -0.4 is 5.73 Å². The third-order valence-electron chi connectivity index (χ3n) is 6.63. The van der Waals surface area contributed by atoms with Crippen molar-refractivity contribution in [1.29, 1.82) is 0 Å². The van der Waals surface area contributed by atoms with Crippen LogP contribution in [0.3, 0.4) is 0 Å². The van der Waals surface area contributed by atoms with E-state index in [4.69, 9.17) is 67.3 Å². The summed E-state index contributed by atoms with van der Waals surface area (Å²) in [6.45, 7) is 23.9. The number of nitrogens with two attached hydrogens (primary N) is 1. The molecule has 17 nitrogen and oxygen atoms in total.